The number of hydrogen-bond acceptors (Lipinski definition) is 7. The summed E-state index contributed by atoms with van der Waals surface area (Å²) in [6, 6.07) is 7.19. The fourth-order valence-electron chi connectivity index (χ4n) is 3.31. The Bertz CT molecular complexity index is 1200. The predicted molar refractivity (Wildman–Crippen MR) is 101 cm³/mol. The maximum absolute atomic E-state index is 12.7. The van der Waals surface area contributed by atoms with Gasteiger partial charge in [0.15, 0.2) is 0 Å². The molecular weight excluding hydrogens is 364 g/mol. The smallest absolute Gasteiger partial charge is 0.333 e. The number of aliphatic imine (C=N–C) groups is 1. The molecule has 0 bridgehead atoms. The van der Waals surface area contributed by atoms with Gasteiger partial charge in [-0.25, -0.2) is 14.5 Å². The lowest BCUT2D eigenvalue weighted by Crippen LogP contribution is -2.40. The van der Waals surface area contributed by atoms with E-state index >= 15 is 0 Å². The van der Waals surface area contributed by atoms with E-state index in [-0.39, 0.29) is 11.6 Å². The standard InChI is InChI=1S/C18H18N6O4/c1-22-15(25)14(16(26)23(2)18(22)27)12-8-13(24-17(21-12)19-9-20-24)10-4-6-11(28-3)7-5-10/h4-7,9,13,25H,8H2,1-3H3. The average molecular weight is 382 g/mol. The SMILES string of the molecule is COc1ccc(C2CC(c3c(O)n(C)c(=O)n(C)c3=O)=Nc3ncnn32)cc1. The molecule has 0 amide bonds. The van der Waals surface area contributed by atoms with Crippen molar-refractivity contribution in [3.63, 3.8) is 0 Å². The highest BCUT2D eigenvalue weighted by Crippen LogP contribution is 2.33. The van der Waals surface area contributed by atoms with Crippen LogP contribution in [0.25, 0.3) is 0 Å². The van der Waals surface area contributed by atoms with Gasteiger partial charge in [0.25, 0.3) is 5.56 Å². The molecule has 0 spiro atoms. The van der Waals surface area contributed by atoms with Gasteiger partial charge in [-0.3, -0.25) is 13.9 Å². The third-order valence-electron chi connectivity index (χ3n) is 4.89. The van der Waals surface area contributed by atoms with Crippen molar-refractivity contribution >= 4 is 11.7 Å². The van der Waals surface area contributed by atoms with Gasteiger partial charge in [-0.1, -0.05) is 12.1 Å². The van der Waals surface area contributed by atoms with E-state index in [4.69, 9.17) is 4.74 Å². The summed E-state index contributed by atoms with van der Waals surface area (Å²) in [5, 5.41) is 14.7. The third kappa shape index (κ3) is 2.61. The molecule has 1 N–H and O–H groups in total. The number of benzene rings is 1. The van der Waals surface area contributed by atoms with Crippen molar-refractivity contribution in [1.29, 1.82) is 0 Å². The lowest BCUT2D eigenvalue weighted by molar-refractivity contribution is 0.409. The Morgan fingerprint density at radius 2 is 1.86 bits per heavy atom. The molecule has 10 heteroatoms. The molecule has 0 radical (unpaired) electrons. The van der Waals surface area contributed by atoms with E-state index in [1.54, 1.807) is 11.8 Å². The lowest BCUT2D eigenvalue weighted by atomic mass is 9.97. The highest BCUT2D eigenvalue weighted by Gasteiger charge is 2.30. The molecule has 1 atom stereocenters. The number of hydrogen-bond donors (Lipinski definition) is 1. The van der Waals surface area contributed by atoms with Gasteiger partial charge in [-0.15, -0.1) is 0 Å². The van der Waals surface area contributed by atoms with Gasteiger partial charge in [0.2, 0.25) is 11.8 Å². The summed E-state index contributed by atoms with van der Waals surface area (Å²) >= 11 is 0. The second kappa shape index (κ2) is 6.48. The van der Waals surface area contributed by atoms with Gasteiger partial charge in [0, 0.05) is 20.5 Å². The maximum atomic E-state index is 12.7. The molecule has 4 rings (SSSR count). The van der Waals surface area contributed by atoms with Crippen LogP contribution in [0.2, 0.25) is 0 Å². The molecule has 3 heterocycles. The number of fused-ring (bicyclic) bond motifs is 1. The van der Waals surface area contributed by atoms with Gasteiger partial charge in [-0.05, 0) is 17.7 Å². The van der Waals surface area contributed by atoms with Gasteiger partial charge in [-0.2, -0.15) is 10.1 Å². The average Bonchev–Trinajstić information content (AvgIpc) is 3.19. The number of aromatic hydroxyl groups is 1. The summed E-state index contributed by atoms with van der Waals surface area (Å²) in [5.41, 5.74) is 0.0202. The minimum absolute atomic E-state index is 0.0163. The van der Waals surface area contributed by atoms with Gasteiger partial charge in [0.1, 0.15) is 17.6 Å². The van der Waals surface area contributed by atoms with Crippen LogP contribution in [0.5, 0.6) is 11.6 Å². The van der Waals surface area contributed by atoms with Crippen LogP contribution in [0.4, 0.5) is 5.95 Å². The van der Waals surface area contributed by atoms with Crippen molar-refractivity contribution in [2.75, 3.05) is 7.11 Å². The highest BCUT2D eigenvalue weighted by molar-refractivity contribution is 6.04. The molecule has 2 aromatic heterocycles. The number of rotatable bonds is 3. The van der Waals surface area contributed by atoms with E-state index in [0.29, 0.717) is 18.1 Å². The zero-order valence-electron chi connectivity index (χ0n) is 15.5. The van der Waals surface area contributed by atoms with Crippen LogP contribution in [0, 0.1) is 0 Å². The molecule has 1 aliphatic heterocycles. The highest BCUT2D eigenvalue weighted by atomic mass is 16.5. The molecule has 0 fully saturated rings. The zero-order chi connectivity index (χ0) is 20.0. The van der Waals surface area contributed by atoms with E-state index in [1.165, 1.54) is 20.4 Å². The second-order valence-corrected chi connectivity index (χ2v) is 6.46. The van der Waals surface area contributed by atoms with Gasteiger partial charge >= 0.3 is 5.69 Å². The fourth-order valence-corrected chi connectivity index (χ4v) is 3.31. The molecule has 0 saturated carbocycles. The molecule has 1 aliphatic rings. The van der Waals surface area contributed by atoms with Crippen LogP contribution >= 0.6 is 0 Å². The van der Waals surface area contributed by atoms with E-state index in [9.17, 15) is 14.7 Å². The first-order valence-corrected chi connectivity index (χ1v) is 8.52. The van der Waals surface area contributed by atoms with Crippen molar-refractivity contribution in [3.05, 3.63) is 62.6 Å². The molecule has 144 valence electrons. The summed E-state index contributed by atoms with van der Waals surface area (Å²) in [4.78, 5) is 33.3. The molecule has 1 aromatic carbocycles. The van der Waals surface area contributed by atoms with Crippen molar-refractivity contribution < 1.29 is 9.84 Å². The topological polar surface area (TPSA) is 117 Å². The van der Waals surface area contributed by atoms with Gasteiger partial charge in [0.05, 0.1) is 18.9 Å². The molecule has 10 nitrogen and oxygen atoms in total. The number of nitrogens with zero attached hydrogens (tertiary/aromatic N) is 6. The van der Waals surface area contributed by atoms with Crippen LogP contribution < -0.4 is 16.0 Å². The molecule has 0 saturated heterocycles. The molecule has 3 aromatic rings. The van der Waals surface area contributed by atoms with E-state index in [2.05, 4.69) is 15.1 Å². The number of methoxy groups -OCH3 is 1. The van der Waals surface area contributed by atoms with Crippen molar-refractivity contribution in [2.45, 2.75) is 12.5 Å². The first-order chi connectivity index (χ1) is 13.4. The first-order valence-electron chi connectivity index (χ1n) is 8.52. The summed E-state index contributed by atoms with van der Waals surface area (Å²) < 4.78 is 8.82. The molecular formula is C18H18N6O4. The number of aromatic nitrogens is 5. The van der Waals surface area contributed by atoms with Crippen molar-refractivity contribution in [1.82, 2.24) is 23.9 Å². The van der Waals surface area contributed by atoms with E-state index < -0.39 is 17.1 Å². The second-order valence-electron chi connectivity index (χ2n) is 6.46. The van der Waals surface area contributed by atoms with Crippen LogP contribution in [0.3, 0.4) is 0 Å². The zero-order valence-corrected chi connectivity index (χ0v) is 15.5. The Hall–Kier alpha value is -3.69. The van der Waals surface area contributed by atoms with Gasteiger partial charge < -0.3 is 9.84 Å². The Morgan fingerprint density at radius 3 is 2.54 bits per heavy atom. The van der Waals surface area contributed by atoms with Crippen LogP contribution in [-0.2, 0) is 14.1 Å². The molecule has 1 unspecified atom stereocenters. The minimum Gasteiger partial charge on any atom is -0.497 e. The Balaban J connectivity index is 1.87. The lowest BCUT2D eigenvalue weighted by Gasteiger charge is -2.24. The fraction of sp³-hybridized carbons (Fsp3) is 0.278. The van der Waals surface area contributed by atoms with E-state index in [0.717, 1.165) is 20.4 Å². The Kier molecular flexibility index (Phi) is 4.10. The normalized spacial score (nSPS) is 15.8. The largest absolute Gasteiger partial charge is 0.497 e. The van der Waals surface area contributed by atoms with Crippen molar-refractivity contribution in [2.24, 2.45) is 19.1 Å². The summed E-state index contributed by atoms with van der Waals surface area (Å²) in [7, 11) is 4.35. The summed E-state index contributed by atoms with van der Waals surface area (Å²) in [6.07, 6.45) is 1.68. The maximum Gasteiger partial charge on any atom is 0.333 e. The predicted octanol–water partition coefficient (Wildman–Crippen LogP) is 0.504. The summed E-state index contributed by atoms with van der Waals surface area (Å²) in [6.45, 7) is 0. The van der Waals surface area contributed by atoms with Crippen LogP contribution in [0.1, 0.15) is 23.6 Å². The summed E-state index contributed by atoms with van der Waals surface area (Å²) in [5.74, 6) is 0.613. The number of ether oxygens (including phenoxy) is 1. The first kappa shape index (κ1) is 17.7. The van der Waals surface area contributed by atoms with Crippen molar-refractivity contribution in [3.8, 4) is 11.6 Å². The monoisotopic (exact) mass is 382 g/mol. The third-order valence-corrected chi connectivity index (χ3v) is 4.89. The van der Waals surface area contributed by atoms with E-state index in [1.807, 2.05) is 24.3 Å². The molecule has 0 aliphatic carbocycles. The quantitative estimate of drug-likeness (QED) is 0.705. The van der Waals surface area contributed by atoms with Crippen LogP contribution in [0.15, 0.2) is 45.2 Å². The molecule has 28 heavy (non-hydrogen) atoms. The Morgan fingerprint density at radius 1 is 1.14 bits per heavy atom. The minimum atomic E-state index is -0.613. The van der Waals surface area contributed by atoms with Crippen LogP contribution in [-0.4, -0.2) is 41.8 Å². The Labute approximate surface area is 159 Å².